The van der Waals surface area contributed by atoms with Gasteiger partial charge in [0.15, 0.2) is 0 Å². The van der Waals surface area contributed by atoms with Crippen molar-refractivity contribution in [2.45, 2.75) is 64.9 Å². The van der Waals surface area contributed by atoms with Gasteiger partial charge in [0.25, 0.3) is 0 Å². The van der Waals surface area contributed by atoms with Crippen LogP contribution in [0.1, 0.15) is 59.3 Å². The Hall–Kier alpha value is -1.10. The molecule has 1 aliphatic rings. The van der Waals surface area contributed by atoms with Crippen LogP contribution in [0.2, 0.25) is 0 Å². The summed E-state index contributed by atoms with van der Waals surface area (Å²) in [7, 11) is 0. The molecule has 0 aromatic rings. The second-order valence-electron chi connectivity index (χ2n) is 6.32. The van der Waals surface area contributed by atoms with E-state index < -0.39 is 11.7 Å². The number of rotatable bonds is 5. The van der Waals surface area contributed by atoms with E-state index in [1.54, 1.807) is 20.8 Å². The summed E-state index contributed by atoms with van der Waals surface area (Å²) < 4.78 is 5.08. The fourth-order valence-electron chi connectivity index (χ4n) is 2.43. The summed E-state index contributed by atoms with van der Waals surface area (Å²) in [6, 6.07) is 0. The first kappa shape index (κ1) is 16.0. The van der Waals surface area contributed by atoms with Crippen molar-refractivity contribution in [1.82, 2.24) is 5.48 Å². The highest BCUT2D eigenvalue weighted by Gasteiger charge is 2.32. The molecule has 5 nitrogen and oxygen atoms in total. The van der Waals surface area contributed by atoms with Crippen molar-refractivity contribution >= 4 is 12.4 Å². The molecule has 0 aromatic carbocycles. The maximum absolute atomic E-state index is 11.4. The smallest absolute Gasteiger partial charge is 0.431 e. The predicted octanol–water partition coefficient (Wildman–Crippen LogP) is 2.98. The second-order valence-corrected chi connectivity index (χ2v) is 6.32. The molecule has 1 fully saturated rings. The Morgan fingerprint density at radius 1 is 1.26 bits per heavy atom. The zero-order valence-electron chi connectivity index (χ0n) is 12.2. The SMILES string of the molecule is CC(C)(C)OC(=O)NOCC1(CC=O)CCCCC1. The van der Waals surface area contributed by atoms with Gasteiger partial charge < -0.3 is 9.53 Å². The van der Waals surface area contributed by atoms with Gasteiger partial charge in [-0.3, -0.25) is 4.84 Å². The zero-order valence-corrected chi connectivity index (χ0v) is 12.2. The number of hydroxylamine groups is 1. The normalized spacial score (nSPS) is 18.7. The van der Waals surface area contributed by atoms with Crippen molar-refractivity contribution in [3.05, 3.63) is 0 Å². The number of carbonyl (C=O) groups excluding carboxylic acids is 2. The summed E-state index contributed by atoms with van der Waals surface area (Å²) >= 11 is 0. The number of hydrogen-bond donors (Lipinski definition) is 1. The maximum Gasteiger partial charge on any atom is 0.431 e. The number of hydrogen-bond acceptors (Lipinski definition) is 4. The third kappa shape index (κ3) is 6.05. The Bertz CT molecular complexity index is 303. The molecule has 1 saturated carbocycles. The van der Waals surface area contributed by atoms with Crippen LogP contribution in [0.15, 0.2) is 0 Å². The minimum absolute atomic E-state index is 0.116. The molecule has 0 spiro atoms. The quantitative estimate of drug-likeness (QED) is 0.616. The summed E-state index contributed by atoms with van der Waals surface area (Å²) in [6.07, 6.45) is 6.23. The molecule has 1 amide bonds. The number of carbonyl (C=O) groups is 2. The van der Waals surface area contributed by atoms with Crippen LogP contribution in [0.5, 0.6) is 0 Å². The zero-order chi connectivity index (χ0) is 14.4. The average Bonchev–Trinajstić information content (AvgIpc) is 2.28. The van der Waals surface area contributed by atoms with Gasteiger partial charge in [-0.1, -0.05) is 19.3 Å². The fourth-order valence-corrected chi connectivity index (χ4v) is 2.43. The standard InChI is InChI=1S/C14H25NO4/c1-13(2,3)19-12(17)15-18-11-14(9-10-16)7-5-4-6-8-14/h10H,4-9,11H2,1-3H3,(H,15,17). The van der Waals surface area contributed by atoms with E-state index in [2.05, 4.69) is 5.48 Å². The van der Waals surface area contributed by atoms with Gasteiger partial charge in [-0.05, 0) is 33.6 Å². The second kappa shape index (κ2) is 6.89. The molecule has 0 bridgehead atoms. The van der Waals surface area contributed by atoms with Crippen LogP contribution in [0.4, 0.5) is 4.79 Å². The van der Waals surface area contributed by atoms with Crippen molar-refractivity contribution in [3.63, 3.8) is 0 Å². The molecule has 0 aromatic heterocycles. The van der Waals surface area contributed by atoms with Gasteiger partial charge in [0.2, 0.25) is 0 Å². The number of nitrogens with one attached hydrogen (secondary N) is 1. The van der Waals surface area contributed by atoms with E-state index in [-0.39, 0.29) is 5.41 Å². The van der Waals surface area contributed by atoms with E-state index in [9.17, 15) is 9.59 Å². The maximum atomic E-state index is 11.4. The van der Waals surface area contributed by atoms with Gasteiger partial charge in [0.05, 0.1) is 6.61 Å². The average molecular weight is 271 g/mol. The molecule has 0 heterocycles. The van der Waals surface area contributed by atoms with E-state index in [1.807, 2.05) is 0 Å². The Morgan fingerprint density at radius 3 is 2.42 bits per heavy atom. The molecule has 0 unspecified atom stereocenters. The highest BCUT2D eigenvalue weighted by atomic mass is 16.7. The molecule has 0 radical (unpaired) electrons. The number of amides is 1. The molecular weight excluding hydrogens is 246 g/mol. The summed E-state index contributed by atoms with van der Waals surface area (Å²) in [5, 5.41) is 0. The predicted molar refractivity (Wildman–Crippen MR) is 71.5 cm³/mol. The topological polar surface area (TPSA) is 64.6 Å². The van der Waals surface area contributed by atoms with Gasteiger partial charge >= 0.3 is 6.09 Å². The summed E-state index contributed by atoms with van der Waals surface area (Å²) in [4.78, 5) is 27.5. The molecule has 5 heteroatoms. The third-order valence-corrected chi connectivity index (χ3v) is 3.36. The molecule has 1 aliphatic carbocycles. The lowest BCUT2D eigenvalue weighted by Gasteiger charge is -2.35. The minimum atomic E-state index is -0.593. The lowest BCUT2D eigenvalue weighted by Crippen LogP contribution is -2.37. The largest absolute Gasteiger partial charge is 0.442 e. The number of ether oxygens (including phenoxy) is 1. The molecule has 0 aliphatic heterocycles. The van der Waals surface area contributed by atoms with Crippen LogP contribution in [0.3, 0.4) is 0 Å². The van der Waals surface area contributed by atoms with Gasteiger partial charge in [-0.15, -0.1) is 0 Å². The molecule has 0 atom stereocenters. The minimum Gasteiger partial charge on any atom is -0.442 e. The molecule has 1 rings (SSSR count). The highest BCUT2D eigenvalue weighted by molar-refractivity contribution is 5.66. The monoisotopic (exact) mass is 271 g/mol. The van der Waals surface area contributed by atoms with Crippen LogP contribution in [0, 0.1) is 5.41 Å². The first-order valence-corrected chi connectivity index (χ1v) is 6.91. The Labute approximate surface area is 115 Å². The van der Waals surface area contributed by atoms with Gasteiger partial charge in [-0.2, -0.15) is 5.48 Å². The molecule has 19 heavy (non-hydrogen) atoms. The van der Waals surface area contributed by atoms with Crippen LogP contribution in [-0.2, 0) is 14.4 Å². The van der Waals surface area contributed by atoms with Crippen molar-refractivity contribution in [3.8, 4) is 0 Å². The fraction of sp³-hybridized carbons (Fsp3) is 0.857. The van der Waals surface area contributed by atoms with E-state index in [0.717, 1.165) is 32.0 Å². The summed E-state index contributed by atoms with van der Waals surface area (Å²) in [5.74, 6) is 0. The third-order valence-electron chi connectivity index (χ3n) is 3.36. The molecular formula is C14H25NO4. The first-order chi connectivity index (χ1) is 8.87. The molecule has 0 saturated heterocycles. The summed E-state index contributed by atoms with van der Waals surface area (Å²) in [6.45, 7) is 5.75. The Kier molecular flexibility index (Phi) is 5.79. The van der Waals surface area contributed by atoms with Crippen LogP contribution >= 0.6 is 0 Å². The van der Waals surface area contributed by atoms with Crippen molar-refractivity contribution < 1.29 is 19.2 Å². The molecule has 1 N–H and O–H groups in total. The van der Waals surface area contributed by atoms with Crippen LogP contribution in [0.25, 0.3) is 0 Å². The van der Waals surface area contributed by atoms with E-state index in [1.165, 1.54) is 6.42 Å². The van der Waals surface area contributed by atoms with Crippen molar-refractivity contribution in [2.75, 3.05) is 6.61 Å². The molecule has 110 valence electrons. The van der Waals surface area contributed by atoms with E-state index >= 15 is 0 Å². The van der Waals surface area contributed by atoms with E-state index in [0.29, 0.717) is 13.0 Å². The lowest BCUT2D eigenvalue weighted by atomic mass is 9.73. The highest BCUT2D eigenvalue weighted by Crippen LogP contribution is 2.38. The van der Waals surface area contributed by atoms with Crippen LogP contribution in [-0.4, -0.2) is 24.6 Å². The van der Waals surface area contributed by atoms with Crippen molar-refractivity contribution in [2.24, 2.45) is 5.41 Å². The van der Waals surface area contributed by atoms with Gasteiger partial charge in [0, 0.05) is 11.8 Å². The first-order valence-electron chi connectivity index (χ1n) is 6.91. The van der Waals surface area contributed by atoms with Crippen molar-refractivity contribution in [1.29, 1.82) is 0 Å². The van der Waals surface area contributed by atoms with E-state index in [4.69, 9.17) is 9.57 Å². The van der Waals surface area contributed by atoms with Gasteiger partial charge in [-0.25, -0.2) is 4.79 Å². The Morgan fingerprint density at radius 2 is 1.89 bits per heavy atom. The van der Waals surface area contributed by atoms with Crippen LogP contribution < -0.4 is 5.48 Å². The summed E-state index contributed by atoms with van der Waals surface area (Å²) in [5.41, 5.74) is 1.63. The Balaban J connectivity index is 2.36. The van der Waals surface area contributed by atoms with Gasteiger partial charge in [0.1, 0.15) is 11.9 Å². The number of aldehydes is 1. The lowest BCUT2D eigenvalue weighted by molar-refractivity contribution is -0.113.